The van der Waals surface area contributed by atoms with Crippen LogP contribution in [0.1, 0.15) is 5.82 Å². The van der Waals surface area contributed by atoms with Gasteiger partial charge in [-0.3, -0.25) is 4.57 Å². The molecule has 0 N–H and O–H groups in total. The second kappa shape index (κ2) is 5.46. The molecule has 0 saturated heterocycles. The van der Waals surface area contributed by atoms with Gasteiger partial charge in [0.1, 0.15) is 11.6 Å². The number of aromatic nitrogens is 2. The maximum absolute atomic E-state index is 6.04. The second-order valence-electron chi connectivity index (χ2n) is 4.33. The summed E-state index contributed by atoms with van der Waals surface area (Å²) >= 11 is 9.54. The molecule has 0 aliphatic heterocycles. The number of alkyl halides is 1. The summed E-state index contributed by atoms with van der Waals surface area (Å²) in [6.07, 6.45) is 0. The van der Waals surface area contributed by atoms with Crippen molar-refractivity contribution < 1.29 is 4.74 Å². The minimum Gasteiger partial charge on any atom is -0.497 e. The summed E-state index contributed by atoms with van der Waals surface area (Å²) in [4.78, 5) is 4.57. The van der Waals surface area contributed by atoms with E-state index in [1.165, 1.54) is 0 Å². The predicted molar refractivity (Wildman–Crippen MR) is 84.9 cm³/mol. The van der Waals surface area contributed by atoms with E-state index in [1.807, 2.05) is 42.5 Å². The van der Waals surface area contributed by atoms with Crippen molar-refractivity contribution in [3.63, 3.8) is 0 Å². The number of halogens is 2. The predicted octanol–water partition coefficient (Wildman–Crippen LogP) is 4.54. The van der Waals surface area contributed by atoms with Crippen LogP contribution < -0.4 is 4.74 Å². The number of hydrogen-bond donors (Lipinski definition) is 0. The Bertz CT molecular complexity index is 770. The molecule has 0 bridgehead atoms. The van der Waals surface area contributed by atoms with Crippen LogP contribution in [-0.2, 0) is 5.88 Å². The molecule has 5 heteroatoms. The monoisotopic (exact) mass is 350 g/mol. The molecular formula is C15H12BrClN2O. The van der Waals surface area contributed by atoms with Crippen LogP contribution in [0.3, 0.4) is 0 Å². The third kappa shape index (κ3) is 2.30. The highest BCUT2D eigenvalue weighted by atomic mass is 79.9. The largest absolute Gasteiger partial charge is 0.497 e. The topological polar surface area (TPSA) is 27.1 Å². The fourth-order valence-corrected chi connectivity index (χ4v) is 2.79. The lowest BCUT2D eigenvalue weighted by Gasteiger charge is -2.09. The molecule has 0 fully saturated rings. The average Bonchev–Trinajstić information content (AvgIpc) is 2.84. The number of rotatable bonds is 3. The number of fused-ring (bicyclic) bond motifs is 1. The molecule has 0 saturated carbocycles. The normalized spacial score (nSPS) is 10.9. The van der Waals surface area contributed by atoms with Crippen molar-refractivity contribution in [1.82, 2.24) is 9.55 Å². The van der Waals surface area contributed by atoms with Crippen LogP contribution in [0, 0.1) is 0 Å². The number of hydrogen-bond acceptors (Lipinski definition) is 2. The minimum atomic E-state index is 0.351. The van der Waals surface area contributed by atoms with Crippen LogP contribution in [0.15, 0.2) is 46.9 Å². The van der Waals surface area contributed by atoms with Gasteiger partial charge < -0.3 is 4.74 Å². The van der Waals surface area contributed by atoms with E-state index in [-0.39, 0.29) is 0 Å². The fraction of sp³-hybridized carbons (Fsp3) is 0.133. The number of nitrogens with zero attached hydrogens (tertiary/aromatic N) is 2. The van der Waals surface area contributed by atoms with Crippen molar-refractivity contribution in [2.24, 2.45) is 0 Å². The van der Waals surface area contributed by atoms with E-state index in [0.717, 1.165) is 32.8 Å². The summed E-state index contributed by atoms with van der Waals surface area (Å²) in [5.41, 5.74) is 2.91. The summed E-state index contributed by atoms with van der Waals surface area (Å²) in [5.74, 6) is 1.96. The molecular weight excluding hydrogens is 340 g/mol. The molecule has 2 aromatic carbocycles. The fourth-order valence-electron chi connectivity index (χ4n) is 2.22. The van der Waals surface area contributed by atoms with Gasteiger partial charge in [0.15, 0.2) is 0 Å². The molecule has 1 aromatic heterocycles. The number of benzene rings is 2. The quantitative estimate of drug-likeness (QED) is 0.648. The van der Waals surface area contributed by atoms with Gasteiger partial charge in [0.2, 0.25) is 0 Å². The van der Waals surface area contributed by atoms with Crippen LogP contribution in [-0.4, -0.2) is 16.7 Å². The van der Waals surface area contributed by atoms with E-state index in [4.69, 9.17) is 16.3 Å². The number of ether oxygens (including phenoxy) is 1. The summed E-state index contributed by atoms with van der Waals surface area (Å²) in [6, 6.07) is 13.9. The molecule has 3 rings (SSSR count). The maximum Gasteiger partial charge on any atom is 0.129 e. The Morgan fingerprint density at radius 3 is 2.80 bits per heavy atom. The first kappa shape index (κ1) is 13.5. The Kier molecular flexibility index (Phi) is 3.68. The smallest absolute Gasteiger partial charge is 0.129 e. The first-order valence-electron chi connectivity index (χ1n) is 6.10. The molecule has 0 amide bonds. The Labute approximate surface area is 130 Å². The van der Waals surface area contributed by atoms with Crippen molar-refractivity contribution in [3.8, 4) is 11.4 Å². The molecule has 0 radical (unpaired) electrons. The Hall–Kier alpha value is -1.52. The molecule has 20 heavy (non-hydrogen) atoms. The highest BCUT2D eigenvalue weighted by Gasteiger charge is 2.12. The SMILES string of the molecule is COc1ccc2nc(CCl)n(-c3cccc(Br)c3)c2c1. The lowest BCUT2D eigenvalue weighted by Crippen LogP contribution is -1.99. The van der Waals surface area contributed by atoms with E-state index >= 15 is 0 Å². The van der Waals surface area contributed by atoms with Crippen LogP contribution in [0.2, 0.25) is 0 Å². The molecule has 0 unspecified atom stereocenters. The zero-order chi connectivity index (χ0) is 14.1. The lowest BCUT2D eigenvalue weighted by atomic mass is 10.2. The van der Waals surface area contributed by atoms with Crippen LogP contribution >= 0.6 is 27.5 Å². The Morgan fingerprint density at radius 1 is 1.25 bits per heavy atom. The maximum atomic E-state index is 6.04. The highest BCUT2D eigenvalue weighted by Crippen LogP contribution is 2.27. The van der Waals surface area contributed by atoms with Gasteiger partial charge in [0.05, 0.1) is 24.0 Å². The number of methoxy groups -OCH3 is 1. The summed E-state index contributed by atoms with van der Waals surface area (Å²) < 4.78 is 8.36. The third-order valence-electron chi connectivity index (χ3n) is 3.12. The van der Waals surface area contributed by atoms with E-state index in [0.29, 0.717) is 5.88 Å². The van der Waals surface area contributed by atoms with E-state index < -0.39 is 0 Å². The van der Waals surface area contributed by atoms with Crippen molar-refractivity contribution in [1.29, 1.82) is 0 Å². The second-order valence-corrected chi connectivity index (χ2v) is 5.51. The molecule has 0 aliphatic carbocycles. The summed E-state index contributed by atoms with van der Waals surface area (Å²) in [7, 11) is 1.66. The zero-order valence-electron chi connectivity index (χ0n) is 10.8. The van der Waals surface area contributed by atoms with E-state index in [9.17, 15) is 0 Å². The average molecular weight is 352 g/mol. The van der Waals surface area contributed by atoms with Gasteiger partial charge in [-0.25, -0.2) is 4.98 Å². The van der Waals surface area contributed by atoms with Gasteiger partial charge in [0, 0.05) is 16.2 Å². The molecule has 0 aliphatic rings. The van der Waals surface area contributed by atoms with Crippen molar-refractivity contribution in [3.05, 3.63) is 52.8 Å². The van der Waals surface area contributed by atoms with Crippen LogP contribution in [0.4, 0.5) is 0 Å². The van der Waals surface area contributed by atoms with Gasteiger partial charge in [-0.2, -0.15) is 0 Å². The first-order valence-corrected chi connectivity index (χ1v) is 7.43. The Balaban J connectivity index is 2.31. The van der Waals surface area contributed by atoms with Crippen LogP contribution in [0.5, 0.6) is 5.75 Å². The van der Waals surface area contributed by atoms with Crippen molar-refractivity contribution in [2.45, 2.75) is 5.88 Å². The van der Waals surface area contributed by atoms with Gasteiger partial charge in [-0.1, -0.05) is 22.0 Å². The molecule has 3 aromatic rings. The Morgan fingerprint density at radius 2 is 2.10 bits per heavy atom. The zero-order valence-corrected chi connectivity index (χ0v) is 13.1. The molecule has 102 valence electrons. The van der Waals surface area contributed by atoms with Gasteiger partial charge in [-0.15, -0.1) is 11.6 Å². The molecule has 3 nitrogen and oxygen atoms in total. The third-order valence-corrected chi connectivity index (χ3v) is 3.85. The summed E-state index contributed by atoms with van der Waals surface area (Å²) in [5, 5.41) is 0. The lowest BCUT2D eigenvalue weighted by molar-refractivity contribution is 0.415. The molecule has 1 heterocycles. The molecule has 0 spiro atoms. The van der Waals surface area contributed by atoms with Crippen molar-refractivity contribution >= 4 is 38.6 Å². The standard InChI is InChI=1S/C15H12BrClN2O/c1-20-12-5-6-13-14(8-12)19(15(9-17)18-13)11-4-2-3-10(16)7-11/h2-8H,9H2,1H3. The van der Waals surface area contributed by atoms with Crippen molar-refractivity contribution in [2.75, 3.05) is 7.11 Å². The van der Waals surface area contributed by atoms with Gasteiger partial charge in [-0.05, 0) is 30.3 Å². The highest BCUT2D eigenvalue weighted by molar-refractivity contribution is 9.10. The van der Waals surface area contributed by atoms with Gasteiger partial charge >= 0.3 is 0 Å². The van der Waals surface area contributed by atoms with E-state index in [1.54, 1.807) is 7.11 Å². The molecule has 0 atom stereocenters. The number of imidazole rings is 1. The minimum absolute atomic E-state index is 0.351. The van der Waals surface area contributed by atoms with E-state index in [2.05, 4.69) is 25.5 Å². The first-order chi connectivity index (χ1) is 9.72. The van der Waals surface area contributed by atoms with Gasteiger partial charge in [0.25, 0.3) is 0 Å². The summed E-state index contributed by atoms with van der Waals surface area (Å²) in [6.45, 7) is 0. The van der Waals surface area contributed by atoms with Crippen LogP contribution in [0.25, 0.3) is 16.7 Å².